The van der Waals surface area contributed by atoms with Crippen molar-refractivity contribution in [1.82, 2.24) is 5.32 Å². The van der Waals surface area contributed by atoms with E-state index in [9.17, 15) is 4.79 Å². The molecule has 1 heterocycles. The van der Waals surface area contributed by atoms with Gasteiger partial charge in [0.05, 0.1) is 18.4 Å². The fourth-order valence-corrected chi connectivity index (χ4v) is 1.69. The Labute approximate surface area is 99.4 Å². The van der Waals surface area contributed by atoms with Crippen LogP contribution >= 0.6 is 11.8 Å². The van der Waals surface area contributed by atoms with E-state index in [1.54, 1.807) is 23.9 Å². The highest BCUT2D eigenvalue weighted by molar-refractivity contribution is 7.97. The topological polar surface area (TPSA) is 62.5 Å². The van der Waals surface area contributed by atoms with E-state index in [2.05, 4.69) is 5.32 Å². The van der Waals surface area contributed by atoms with E-state index < -0.39 is 0 Å². The molecule has 2 N–H and O–H groups in total. The Kier molecular flexibility index (Phi) is 5.42. The molecule has 1 aromatic heterocycles. The molecular formula is C11H17NO3S. The number of aliphatic hydroxyl groups is 1. The number of carbonyl (C=O) groups is 1. The predicted molar refractivity (Wildman–Crippen MR) is 64.6 cm³/mol. The first-order chi connectivity index (χ1) is 7.71. The van der Waals surface area contributed by atoms with Crippen LogP contribution in [0.5, 0.6) is 0 Å². The molecule has 4 nitrogen and oxygen atoms in total. The average molecular weight is 243 g/mol. The van der Waals surface area contributed by atoms with Crippen molar-refractivity contribution in [2.45, 2.75) is 25.1 Å². The van der Waals surface area contributed by atoms with Crippen LogP contribution in [0.4, 0.5) is 0 Å². The number of furan rings is 1. The highest BCUT2D eigenvalue weighted by atomic mass is 32.2. The summed E-state index contributed by atoms with van der Waals surface area (Å²) in [5.74, 6) is 1.57. The van der Waals surface area contributed by atoms with Crippen LogP contribution < -0.4 is 5.32 Å². The molecule has 1 amide bonds. The van der Waals surface area contributed by atoms with Crippen LogP contribution in [0.2, 0.25) is 0 Å². The van der Waals surface area contributed by atoms with Crippen molar-refractivity contribution in [2.24, 2.45) is 0 Å². The minimum atomic E-state index is -0.270. The first-order valence-electron chi connectivity index (χ1n) is 5.20. The van der Waals surface area contributed by atoms with Gasteiger partial charge in [-0.3, -0.25) is 4.79 Å². The molecule has 0 aliphatic rings. The number of amides is 1. The first-order valence-corrected chi connectivity index (χ1v) is 6.60. The number of rotatable bonds is 6. The lowest BCUT2D eigenvalue weighted by Gasteiger charge is -2.12. The maximum Gasteiger partial charge on any atom is 0.287 e. The average Bonchev–Trinajstić information content (AvgIpc) is 2.74. The Morgan fingerprint density at radius 2 is 2.38 bits per heavy atom. The van der Waals surface area contributed by atoms with Crippen molar-refractivity contribution in [3.63, 3.8) is 0 Å². The molecular weight excluding hydrogens is 226 g/mol. The zero-order valence-electron chi connectivity index (χ0n) is 9.53. The van der Waals surface area contributed by atoms with Crippen LogP contribution in [0.1, 0.15) is 29.7 Å². The highest BCUT2D eigenvalue weighted by Gasteiger charge is 2.14. The minimum Gasteiger partial charge on any atom is -0.455 e. The van der Waals surface area contributed by atoms with Crippen LogP contribution in [0.25, 0.3) is 0 Å². The van der Waals surface area contributed by atoms with Crippen LogP contribution in [0, 0.1) is 0 Å². The lowest BCUT2D eigenvalue weighted by atomic mass is 10.2. The van der Waals surface area contributed by atoms with Gasteiger partial charge in [-0.2, -0.15) is 11.8 Å². The summed E-state index contributed by atoms with van der Waals surface area (Å²) in [5, 5.41) is 11.7. The summed E-state index contributed by atoms with van der Waals surface area (Å²) in [7, 11) is 0. The van der Waals surface area contributed by atoms with Gasteiger partial charge in [0, 0.05) is 0 Å². The molecule has 1 unspecified atom stereocenters. The Hall–Kier alpha value is -0.940. The molecule has 0 radical (unpaired) electrons. The standard InChI is InChI=1S/C11H17NO3S/c1-3-8(6-13)12-11(14)10-5-4-9(15-10)7-16-2/h4-5,8,13H,3,6-7H2,1-2H3,(H,12,14). The molecule has 1 rings (SSSR count). The molecule has 1 atom stereocenters. The summed E-state index contributed by atoms with van der Waals surface area (Å²) >= 11 is 1.64. The van der Waals surface area contributed by atoms with Crippen LogP contribution in [-0.4, -0.2) is 29.9 Å². The maximum atomic E-state index is 11.7. The fourth-order valence-electron chi connectivity index (χ4n) is 1.25. The van der Waals surface area contributed by atoms with E-state index in [-0.39, 0.29) is 18.6 Å². The van der Waals surface area contributed by atoms with Crippen molar-refractivity contribution in [2.75, 3.05) is 12.9 Å². The number of hydrogen-bond acceptors (Lipinski definition) is 4. The second-order valence-electron chi connectivity index (χ2n) is 3.46. The molecule has 1 aromatic rings. The summed E-state index contributed by atoms with van der Waals surface area (Å²) in [6, 6.07) is 3.25. The van der Waals surface area contributed by atoms with Gasteiger partial charge < -0.3 is 14.8 Å². The Morgan fingerprint density at radius 1 is 1.62 bits per heavy atom. The largest absolute Gasteiger partial charge is 0.455 e. The predicted octanol–water partition coefficient (Wildman–Crippen LogP) is 1.64. The van der Waals surface area contributed by atoms with Crippen molar-refractivity contribution in [1.29, 1.82) is 0 Å². The summed E-state index contributed by atoms with van der Waals surface area (Å²) in [6.07, 6.45) is 2.67. The molecule has 90 valence electrons. The van der Waals surface area contributed by atoms with Gasteiger partial charge in [0.2, 0.25) is 0 Å². The van der Waals surface area contributed by atoms with Crippen LogP contribution in [-0.2, 0) is 5.75 Å². The van der Waals surface area contributed by atoms with Gasteiger partial charge >= 0.3 is 0 Å². The number of thioether (sulfide) groups is 1. The molecule has 0 bridgehead atoms. The van der Waals surface area contributed by atoms with E-state index in [0.717, 1.165) is 11.5 Å². The lowest BCUT2D eigenvalue weighted by Crippen LogP contribution is -2.36. The Balaban J connectivity index is 2.58. The SMILES string of the molecule is CCC(CO)NC(=O)c1ccc(CSC)o1. The van der Waals surface area contributed by atoms with E-state index in [1.807, 2.05) is 13.2 Å². The van der Waals surface area contributed by atoms with Gasteiger partial charge in [-0.1, -0.05) is 6.92 Å². The second kappa shape index (κ2) is 6.60. The molecule has 0 saturated carbocycles. The summed E-state index contributed by atoms with van der Waals surface area (Å²) in [4.78, 5) is 11.7. The monoisotopic (exact) mass is 243 g/mol. The van der Waals surface area contributed by atoms with Gasteiger partial charge in [0.15, 0.2) is 5.76 Å². The smallest absolute Gasteiger partial charge is 0.287 e. The maximum absolute atomic E-state index is 11.7. The quantitative estimate of drug-likeness (QED) is 0.797. The molecule has 0 fully saturated rings. The lowest BCUT2D eigenvalue weighted by molar-refractivity contribution is 0.0885. The number of aliphatic hydroxyl groups excluding tert-OH is 1. The van der Waals surface area contributed by atoms with Crippen LogP contribution in [0.15, 0.2) is 16.5 Å². The molecule has 16 heavy (non-hydrogen) atoms. The number of nitrogens with one attached hydrogen (secondary N) is 1. The minimum absolute atomic E-state index is 0.0549. The van der Waals surface area contributed by atoms with Crippen molar-refractivity contribution in [3.8, 4) is 0 Å². The molecule has 5 heteroatoms. The van der Waals surface area contributed by atoms with Gasteiger partial charge in [-0.15, -0.1) is 0 Å². The van der Waals surface area contributed by atoms with Gasteiger partial charge in [-0.05, 0) is 24.8 Å². The van der Waals surface area contributed by atoms with Crippen molar-refractivity contribution in [3.05, 3.63) is 23.7 Å². The summed E-state index contributed by atoms with van der Waals surface area (Å²) in [5.41, 5.74) is 0. The van der Waals surface area contributed by atoms with E-state index in [0.29, 0.717) is 12.2 Å². The molecule has 0 aliphatic heterocycles. The van der Waals surface area contributed by atoms with Crippen molar-refractivity contribution < 1.29 is 14.3 Å². The second-order valence-corrected chi connectivity index (χ2v) is 4.33. The van der Waals surface area contributed by atoms with E-state index in [4.69, 9.17) is 9.52 Å². The first kappa shape index (κ1) is 13.1. The third-order valence-electron chi connectivity index (χ3n) is 2.22. The number of hydrogen-bond donors (Lipinski definition) is 2. The molecule has 0 saturated heterocycles. The number of carbonyl (C=O) groups excluding carboxylic acids is 1. The van der Waals surface area contributed by atoms with Gasteiger partial charge in [0.1, 0.15) is 5.76 Å². The molecule has 0 aliphatic carbocycles. The molecule has 0 spiro atoms. The normalized spacial score (nSPS) is 12.4. The highest BCUT2D eigenvalue weighted by Crippen LogP contribution is 2.13. The zero-order chi connectivity index (χ0) is 12.0. The third kappa shape index (κ3) is 3.57. The van der Waals surface area contributed by atoms with Crippen LogP contribution in [0.3, 0.4) is 0 Å². The Morgan fingerprint density at radius 3 is 2.94 bits per heavy atom. The summed E-state index contributed by atoms with van der Waals surface area (Å²) in [6.45, 7) is 1.85. The summed E-state index contributed by atoms with van der Waals surface area (Å²) < 4.78 is 5.36. The van der Waals surface area contributed by atoms with Crippen molar-refractivity contribution >= 4 is 17.7 Å². The van der Waals surface area contributed by atoms with E-state index >= 15 is 0 Å². The molecule has 0 aromatic carbocycles. The fraction of sp³-hybridized carbons (Fsp3) is 0.545. The van der Waals surface area contributed by atoms with Gasteiger partial charge in [-0.25, -0.2) is 0 Å². The zero-order valence-corrected chi connectivity index (χ0v) is 10.3. The third-order valence-corrected chi connectivity index (χ3v) is 2.79. The van der Waals surface area contributed by atoms with E-state index in [1.165, 1.54) is 0 Å². The van der Waals surface area contributed by atoms with Gasteiger partial charge in [0.25, 0.3) is 5.91 Å². The Bertz CT molecular complexity index is 334.